The zero-order valence-electron chi connectivity index (χ0n) is 15.0. The van der Waals surface area contributed by atoms with Gasteiger partial charge in [-0.05, 0) is 50.3 Å². The van der Waals surface area contributed by atoms with Gasteiger partial charge in [-0.1, -0.05) is 35.9 Å². The highest BCUT2D eigenvalue weighted by Gasteiger charge is 2.32. The van der Waals surface area contributed by atoms with Crippen molar-refractivity contribution in [1.82, 2.24) is 10.3 Å². The Balaban J connectivity index is 1.58. The predicted molar refractivity (Wildman–Crippen MR) is 98.3 cm³/mol. The molecule has 0 unspecified atom stereocenters. The Labute approximate surface area is 149 Å². The number of rotatable bonds is 5. The Bertz CT molecular complexity index is 695. The zero-order valence-corrected chi connectivity index (χ0v) is 15.0. The van der Waals surface area contributed by atoms with Gasteiger partial charge in [0.1, 0.15) is 0 Å². The number of aromatic nitrogens is 1. The molecule has 1 fully saturated rings. The van der Waals surface area contributed by atoms with Crippen LogP contribution in [0.15, 0.2) is 42.6 Å². The summed E-state index contributed by atoms with van der Waals surface area (Å²) >= 11 is 0. The van der Waals surface area contributed by atoms with Crippen LogP contribution in [0, 0.1) is 19.8 Å². The lowest BCUT2D eigenvalue weighted by atomic mass is 9.88. The van der Waals surface area contributed by atoms with Crippen molar-refractivity contribution < 1.29 is 9.53 Å². The van der Waals surface area contributed by atoms with Gasteiger partial charge in [0, 0.05) is 25.0 Å². The first-order valence-electron chi connectivity index (χ1n) is 9.01. The summed E-state index contributed by atoms with van der Waals surface area (Å²) in [4.78, 5) is 17.0. The number of carbonyl (C=O) groups is 1. The second-order valence-corrected chi connectivity index (χ2v) is 6.80. The Morgan fingerprint density at radius 1 is 1.20 bits per heavy atom. The summed E-state index contributed by atoms with van der Waals surface area (Å²) < 4.78 is 5.94. The molecular weight excluding hydrogens is 312 g/mol. The van der Waals surface area contributed by atoms with E-state index in [9.17, 15) is 4.79 Å². The van der Waals surface area contributed by atoms with Gasteiger partial charge in [0.25, 0.3) is 0 Å². The quantitative estimate of drug-likeness (QED) is 0.907. The molecule has 1 saturated heterocycles. The third-order valence-electron chi connectivity index (χ3n) is 4.75. The number of aryl methyl sites for hydroxylation is 2. The second kappa shape index (κ2) is 8.26. The molecule has 1 amide bonds. The van der Waals surface area contributed by atoms with E-state index in [2.05, 4.69) is 47.6 Å². The van der Waals surface area contributed by atoms with Crippen molar-refractivity contribution in [3.05, 3.63) is 65.0 Å². The minimum absolute atomic E-state index is 0.0883. The SMILES string of the molecule is Cc1ccc([C@@H]2OCCC[C@H]2C(=O)NCCc2ccc(C)nc2)cc1. The van der Waals surface area contributed by atoms with E-state index in [1.165, 1.54) is 5.56 Å². The number of nitrogens with zero attached hydrogens (tertiary/aromatic N) is 1. The van der Waals surface area contributed by atoms with E-state index in [0.29, 0.717) is 6.54 Å². The maximum Gasteiger partial charge on any atom is 0.226 e. The zero-order chi connectivity index (χ0) is 17.6. The highest BCUT2D eigenvalue weighted by Crippen LogP contribution is 2.33. The molecule has 1 aliphatic heterocycles. The minimum Gasteiger partial charge on any atom is -0.373 e. The monoisotopic (exact) mass is 338 g/mol. The maximum atomic E-state index is 12.7. The van der Waals surface area contributed by atoms with Gasteiger partial charge in [-0.3, -0.25) is 9.78 Å². The molecule has 1 aliphatic rings. The van der Waals surface area contributed by atoms with Crippen LogP contribution in [0.3, 0.4) is 0 Å². The summed E-state index contributed by atoms with van der Waals surface area (Å²) in [5.41, 5.74) is 4.45. The van der Waals surface area contributed by atoms with Crippen LogP contribution in [0.5, 0.6) is 0 Å². The van der Waals surface area contributed by atoms with Crippen LogP contribution >= 0.6 is 0 Å². The first kappa shape index (κ1) is 17.6. The van der Waals surface area contributed by atoms with Crippen LogP contribution in [0.4, 0.5) is 0 Å². The van der Waals surface area contributed by atoms with Crippen LogP contribution < -0.4 is 5.32 Å². The summed E-state index contributed by atoms with van der Waals surface area (Å²) in [5.74, 6) is -0.0297. The molecule has 0 aliphatic carbocycles. The van der Waals surface area contributed by atoms with Gasteiger partial charge in [0.05, 0.1) is 12.0 Å². The molecule has 4 heteroatoms. The van der Waals surface area contributed by atoms with Gasteiger partial charge in [0.2, 0.25) is 5.91 Å². The van der Waals surface area contributed by atoms with Gasteiger partial charge >= 0.3 is 0 Å². The molecule has 2 aromatic rings. The van der Waals surface area contributed by atoms with Crippen LogP contribution in [-0.4, -0.2) is 24.0 Å². The molecule has 1 N–H and O–H groups in total. The lowest BCUT2D eigenvalue weighted by Crippen LogP contribution is -2.38. The third-order valence-corrected chi connectivity index (χ3v) is 4.75. The molecule has 3 rings (SSSR count). The molecule has 4 nitrogen and oxygen atoms in total. The molecule has 1 aromatic heterocycles. The van der Waals surface area contributed by atoms with Crippen LogP contribution in [-0.2, 0) is 16.0 Å². The predicted octanol–water partition coefficient (Wildman–Crippen LogP) is 3.53. The Morgan fingerprint density at radius 3 is 2.72 bits per heavy atom. The van der Waals surface area contributed by atoms with Gasteiger partial charge < -0.3 is 10.1 Å². The van der Waals surface area contributed by atoms with E-state index >= 15 is 0 Å². The first-order valence-corrected chi connectivity index (χ1v) is 9.01. The molecule has 0 radical (unpaired) electrons. The number of ether oxygens (including phenoxy) is 1. The molecule has 0 bridgehead atoms. The van der Waals surface area contributed by atoms with E-state index in [1.54, 1.807) is 0 Å². The summed E-state index contributed by atoms with van der Waals surface area (Å²) in [6.45, 7) is 5.38. The average Bonchev–Trinajstić information content (AvgIpc) is 2.64. The van der Waals surface area contributed by atoms with Gasteiger partial charge in [-0.25, -0.2) is 0 Å². The number of amides is 1. The van der Waals surface area contributed by atoms with Crippen molar-refractivity contribution >= 4 is 5.91 Å². The number of carbonyl (C=O) groups excluding carboxylic acids is 1. The summed E-state index contributed by atoms with van der Waals surface area (Å²) in [5, 5.41) is 3.08. The Kier molecular flexibility index (Phi) is 5.82. The van der Waals surface area contributed by atoms with Crippen LogP contribution in [0.2, 0.25) is 0 Å². The lowest BCUT2D eigenvalue weighted by Gasteiger charge is -2.31. The summed E-state index contributed by atoms with van der Waals surface area (Å²) in [7, 11) is 0. The van der Waals surface area contributed by atoms with Gasteiger partial charge in [-0.15, -0.1) is 0 Å². The fraction of sp³-hybridized carbons (Fsp3) is 0.429. The Morgan fingerprint density at radius 2 is 2.00 bits per heavy atom. The van der Waals surface area contributed by atoms with Crippen LogP contribution in [0.1, 0.15) is 41.3 Å². The Hall–Kier alpha value is -2.20. The van der Waals surface area contributed by atoms with Crippen molar-refractivity contribution in [2.45, 2.75) is 39.2 Å². The van der Waals surface area contributed by atoms with Crippen molar-refractivity contribution in [3.63, 3.8) is 0 Å². The van der Waals surface area contributed by atoms with Crippen molar-refractivity contribution in [2.24, 2.45) is 5.92 Å². The van der Waals surface area contributed by atoms with E-state index in [4.69, 9.17) is 4.74 Å². The number of hydrogen-bond donors (Lipinski definition) is 1. The molecule has 0 spiro atoms. The third kappa shape index (κ3) is 4.67. The van der Waals surface area contributed by atoms with Crippen LogP contribution in [0.25, 0.3) is 0 Å². The lowest BCUT2D eigenvalue weighted by molar-refractivity contribution is -0.134. The molecular formula is C21H26N2O2. The molecule has 2 heterocycles. The standard InChI is InChI=1S/C21H26N2O2/c1-15-5-9-18(10-6-15)20-19(4-3-13-25-20)21(24)22-12-11-17-8-7-16(2)23-14-17/h5-10,14,19-20H,3-4,11-13H2,1-2H3,(H,22,24)/t19-,20+/m1/s1. The normalized spacial score (nSPS) is 20.2. The van der Waals surface area contributed by atoms with E-state index < -0.39 is 0 Å². The van der Waals surface area contributed by atoms with E-state index in [-0.39, 0.29) is 17.9 Å². The number of benzene rings is 1. The highest BCUT2D eigenvalue weighted by atomic mass is 16.5. The van der Waals surface area contributed by atoms with E-state index in [0.717, 1.165) is 42.7 Å². The molecule has 132 valence electrons. The average molecular weight is 338 g/mol. The van der Waals surface area contributed by atoms with Gasteiger partial charge in [0.15, 0.2) is 0 Å². The summed E-state index contributed by atoms with van der Waals surface area (Å²) in [6, 6.07) is 12.4. The fourth-order valence-electron chi connectivity index (χ4n) is 3.24. The van der Waals surface area contributed by atoms with Crippen molar-refractivity contribution in [2.75, 3.05) is 13.2 Å². The molecule has 25 heavy (non-hydrogen) atoms. The summed E-state index contributed by atoms with van der Waals surface area (Å²) in [6.07, 6.45) is 4.33. The van der Waals surface area contributed by atoms with Crippen molar-refractivity contribution in [3.8, 4) is 0 Å². The fourth-order valence-corrected chi connectivity index (χ4v) is 3.24. The largest absolute Gasteiger partial charge is 0.373 e. The maximum absolute atomic E-state index is 12.7. The highest BCUT2D eigenvalue weighted by molar-refractivity contribution is 5.79. The van der Waals surface area contributed by atoms with E-state index in [1.807, 2.05) is 19.2 Å². The number of pyridine rings is 1. The number of nitrogens with one attached hydrogen (secondary N) is 1. The number of hydrogen-bond acceptors (Lipinski definition) is 3. The minimum atomic E-state index is -0.143. The topological polar surface area (TPSA) is 51.2 Å². The molecule has 1 aromatic carbocycles. The molecule has 0 saturated carbocycles. The van der Waals surface area contributed by atoms with Gasteiger partial charge in [-0.2, -0.15) is 0 Å². The molecule has 2 atom stereocenters. The van der Waals surface area contributed by atoms with Crippen molar-refractivity contribution in [1.29, 1.82) is 0 Å². The second-order valence-electron chi connectivity index (χ2n) is 6.80. The smallest absolute Gasteiger partial charge is 0.226 e. The first-order chi connectivity index (χ1) is 12.1.